The number of nitrogens with zero attached hydrogens (tertiary/aromatic N) is 5. The second-order valence-corrected chi connectivity index (χ2v) is 19.4. The second kappa shape index (κ2) is 18.1. The number of carbonyl (C=O) groups excluding carboxylic acids is 1. The summed E-state index contributed by atoms with van der Waals surface area (Å²) in [5.74, 6) is 0.655. The number of hydrogen-bond acceptors (Lipinski definition) is 11. The third-order valence-electron chi connectivity index (χ3n) is 12.3. The number of rotatable bonds is 13. The average molecular weight is 882 g/mol. The third-order valence-corrected chi connectivity index (χ3v) is 13.8. The van der Waals surface area contributed by atoms with E-state index in [0.29, 0.717) is 25.5 Å². The molecule has 4 aliphatic heterocycles. The minimum Gasteiger partial charge on any atom is -0.455 e. The van der Waals surface area contributed by atoms with E-state index in [1.165, 1.54) is 28.8 Å². The maximum Gasteiger partial charge on any atom is 0.293 e. The van der Waals surface area contributed by atoms with Crippen molar-refractivity contribution in [2.45, 2.75) is 50.8 Å². The third kappa shape index (κ3) is 9.91. The molecule has 62 heavy (non-hydrogen) atoms. The molecule has 3 aromatic carbocycles. The maximum atomic E-state index is 14.0. The molecule has 1 aliphatic carbocycles. The molecule has 0 aromatic heterocycles. The summed E-state index contributed by atoms with van der Waals surface area (Å²) < 4.78 is 43.2. The van der Waals surface area contributed by atoms with E-state index >= 15 is 0 Å². The van der Waals surface area contributed by atoms with Gasteiger partial charge in [0.2, 0.25) is 0 Å². The molecule has 14 nitrogen and oxygen atoms in total. The van der Waals surface area contributed by atoms with Crippen molar-refractivity contribution in [3.63, 3.8) is 0 Å². The number of nitrogens with one attached hydrogen (secondary N) is 2. The number of carbonyl (C=O) groups is 1. The molecule has 326 valence electrons. The molecular weight excluding hydrogens is 830 g/mol. The molecule has 1 amide bonds. The Balaban J connectivity index is 1.02. The van der Waals surface area contributed by atoms with Crippen molar-refractivity contribution in [1.82, 2.24) is 19.2 Å². The minimum absolute atomic E-state index is 0.0227. The molecule has 0 spiro atoms. The Hall–Kier alpha value is -5.48. The number of sulfonamides is 1. The standard InChI is InChI=1S/C46H52ClN7O7S/c1-46(2)16-12-34(40(27-46)32-4-6-35(47)7-5-32)29-52-18-20-53(21-19-52)36-8-10-39(43(25-36)61-37-24-33-13-17-48-44(33)51(3)30-37)45(55)50-62(58,59)38-9-11-41(42(26-38)54(56)57)49-28-31-14-22-60-23-15-31/h4-11,13,17,24-26,30-31,49H,12,14-16,18-23,27-29H2,1-3H3,(H,50,55). The SMILES string of the molecule is Cn1cc(Oc2cc(N3CCN(CC4=C(c5ccc(Cl)cc5)CC(C)(C)CC4)CC3)ccc2C(=O)NS(=O)(=O)c2ccc(NCC3CCOCC3)c([N+](=O)[O-])c2)cc2ccnc1-2. The van der Waals surface area contributed by atoms with Crippen LogP contribution >= 0.6 is 11.6 Å². The zero-order valence-corrected chi connectivity index (χ0v) is 36.8. The van der Waals surface area contributed by atoms with Crippen LogP contribution in [0.5, 0.6) is 11.5 Å². The van der Waals surface area contributed by atoms with Crippen LogP contribution < -0.4 is 19.7 Å². The number of nitro benzene ring substituents is 1. The fourth-order valence-electron chi connectivity index (χ4n) is 8.67. The minimum atomic E-state index is -4.55. The van der Waals surface area contributed by atoms with Crippen LogP contribution in [0.25, 0.3) is 17.0 Å². The van der Waals surface area contributed by atoms with Crippen molar-refractivity contribution in [3.05, 3.63) is 117 Å². The summed E-state index contributed by atoms with van der Waals surface area (Å²) >= 11 is 6.25. The predicted octanol–water partition coefficient (Wildman–Crippen LogP) is 8.62. The smallest absolute Gasteiger partial charge is 0.293 e. The van der Waals surface area contributed by atoms with Gasteiger partial charge in [0.05, 0.1) is 15.4 Å². The van der Waals surface area contributed by atoms with Gasteiger partial charge in [-0.15, -0.1) is 0 Å². The predicted molar refractivity (Wildman–Crippen MR) is 241 cm³/mol. The van der Waals surface area contributed by atoms with Gasteiger partial charge in [-0.25, -0.2) is 18.1 Å². The number of fused-ring (bicyclic) bond motifs is 1. The van der Waals surface area contributed by atoms with Crippen LogP contribution in [-0.2, 0) is 21.8 Å². The van der Waals surface area contributed by atoms with Crippen LogP contribution in [-0.4, -0.2) is 86.2 Å². The molecular formula is C46H52ClN7O7S. The van der Waals surface area contributed by atoms with Crippen molar-refractivity contribution in [2.24, 2.45) is 18.4 Å². The zero-order chi connectivity index (χ0) is 43.6. The normalized spacial score (nSPS) is 17.6. The number of anilines is 2. The fourth-order valence-corrected chi connectivity index (χ4v) is 9.78. The summed E-state index contributed by atoms with van der Waals surface area (Å²) in [5.41, 5.74) is 5.75. The lowest BCUT2D eigenvalue weighted by Crippen LogP contribution is -2.47. The number of halogens is 1. The summed E-state index contributed by atoms with van der Waals surface area (Å²) in [6, 6.07) is 20.5. The van der Waals surface area contributed by atoms with Crippen LogP contribution in [0.4, 0.5) is 17.1 Å². The Morgan fingerprint density at radius 3 is 2.50 bits per heavy atom. The van der Waals surface area contributed by atoms with Gasteiger partial charge in [0.1, 0.15) is 23.0 Å². The highest BCUT2D eigenvalue weighted by Gasteiger charge is 2.31. The molecule has 8 rings (SSSR count). The molecule has 5 aliphatic rings. The maximum absolute atomic E-state index is 14.0. The number of ether oxygens (including phenoxy) is 2. The highest BCUT2D eigenvalue weighted by atomic mass is 35.5. The zero-order valence-electron chi connectivity index (χ0n) is 35.2. The van der Waals surface area contributed by atoms with Gasteiger partial charge < -0.3 is 24.3 Å². The molecule has 2 saturated heterocycles. The van der Waals surface area contributed by atoms with E-state index in [4.69, 9.17) is 21.1 Å². The number of aryl methyl sites for hydroxylation is 1. The molecule has 0 radical (unpaired) electrons. The topological polar surface area (TPSA) is 161 Å². The Bertz CT molecular complexity index is 2560. The second-order valence-electron chi connectivity index (χ2n) is 17.3. The monoisotopic (exact) mass is 881 g/mol. The number of benzene rings is 3. The van der Waals surface area contributed by atoms with Gasteiger partial charge in [-0.05, 0) is 103 Å². The quantitative estimate of drug-likeness (QED) is 0.0861. The molecule has 4 heterocycles. The van der Waals surface area contributed by atoms with Crippen LogP contribution in [0.15, 0.2) is 95.7 Å². The number of pyridine rings is 1. The summed E-state index contributed by atoms with van der Waals surface area (Å²) in [6.45, 7) is 10.4. The Labute approximate surface area is 367 Å². The van der Waals surface area contributed by atoms with Gasteiger partial charge in [0, 0.05) is 100 Å². The van der Waals surface area contributed by atoms with Gasteiger partial charge in [-0.3, -0.25) is 19.8 Å². The largest absolute Gasteiger partial charge is 0.455 e. The molecule has 16 heteroatoms. The summed E-state index contributed by atoms with van der Waals surface area (Å²) in [4.78, 5) is 34.1. The number of piperazine rings is 1. The number of aromatic nitrogens is 2. The number of allylic oxidation sites excluding steroid dienone is 1. The van der Waals surface area contributed by atoms with Crippen molar-refractivity contribution in [3.8, 4) is 22.9 Å². The van der Waals surface area contributed by atoms with E-state index in [1.54, 1.807) is 30.6 Å². The Morgan fingerprint density at radius 2 is 1.76 bits per heavy atom. The van der Waals surface area contributed by atoms with Crippen molar-refractivity contribution in [1.29, 1.82) is 0 Å². The van der Waals surface area contributed by atoms with Gasteiger partial charge in [0.25, 0.3) is 21.6 Å². The first-order chi connectivity index (χ1) is 29.7. The fraction of sp³-hybridized carbons (Fsp3) is 0.391. The van der Waals surface area contributed by atoms with E-state index in [-0.39, 0.29) is 28.3 Å². The molecule has 2 N–H and O–H groups in total. The average Bonchev–Trinajstić information content (AvgIpc) is 3.74. The number of nitro groups is 1. The van der Waals surface area contributed by atoms with Crippen LogP contribution in [0.2, 0.25) is 5.02 Å². The van der Waals surface area contributed by atoms with Gasteiger partial charge in [-0.1, -0.05) is 43.2 Å². The Morgan fingerprint density at radius 1 is 1.00 bits per heavy atom. The van der Waals surface area contributed by atoms with Crippen LogP contribution in [0.1, 0.15) is 61.9 Å². The number of amides is 1. The lowest BCUT2D eigenvalue weighted by molar-refractivity contribution is -0.384. The van der Waals surface area contributed by atoms with E-state index in [9.17, 15) is 23.3 Å². The molecule has 3 aromatic rings. The van der Waals surface area contributed by atoms with Gasteiger partial charge >= 0.3 is 0 Å². The molecule has 2 fully saturated rings. The molecule has 0 bridgehead atoms. The van der Waals surface area contributed by atoms with Crippen molar-refractivity contribution < 1.29 is 27.6 Å². The van der Waals surface area contributed by atoms with E-state index in [2.05, 4.69) is 50.8 Å². The lowest BCUT2D eigenvalue weighted by atomic mass is 9.72. The highest BCUT2D eigenvalue weighted by Crippen LogP contribution is 2.43. The lowest BCUT2D eigenvalue weighted by Gasteiger charge is -2.39. The summed E-state index contributed by atoms with van der Waals surface area (Å²) in [7, 11) is -2.72. The van der Waals surface area contributed by atoms with Gasteiger partial charge in [-0.2, -0.15) is 0 Å². The van der Waals surface area contributed by atoms with E-state index in [1.807, 2.05) is 35.9 Å². The first kappa shape index (κ1) is 43.2. The summed E-state index contributed by atoms with van der Waals surface area (Å²) in [5, 5.41) is 15.9. The number of hydrogen-bond donors (Lipinski definition) is 2. The van der Waals surface area contributed by atoms with Gasteiger partial charge in [0.15, 0.2) is 0 Å². The van der Waals surface area contributed by atoms with Crippen LogP contribution in [0, 0.1) is 21.4 Å². The molecule has 0 atom stereocenters. The van der Waals surface area contributed by atoms with Crippen molar-refractivity contribution >= 4 is 50.2 Å². The molecule has 0 saturated carbocycles. The Kier molecular flexibility index (Phi) is 12.6. The highest BCUT2D eigenvalue weighted by molar-refractivity contribution is 7.90. The van der Waals surface area contributed by atoms with E-state index in [0.717, 1.165) is 93.0 Å². The van der Waals surface area contributed by atoms with E-state index < -0.39 is 31.4 Å². The first-order valence-corrected chi connectivity index (χ1v) is 22.9. The summed E-state index contributed by atoms with van der Waals surface area (Å²) in [6.07, 6.45) is 8.29. The van der Waals surface area contributed by atoms with Crippen LogP contribution in [0.3, 0.4) is 0 Å². The van der Waals surface area contributed by atoms with Crippen molar-refractivity contribution in [2.75, 3.05) is 62.7 Å². The first-order valence-electron chi connectivity index (χ1n) is 21.1. The molecule has 0 unspecified atom stereocenters.